The average molecular weight is 418 g/mol. The van der Waals surface area contributed by atoms with E-state index < -0.39 is 6.10 Å². The first-order valence-corrected chi connectivity index (χ1v) is 10.3. The molecule has 0 radical (unpaired) electrons. The van der Waals surface area contributed by atoms with Crippen LogP contribution in [0.25, 0.3) is 0 Å². The number of benzene rings is 2. The SMILES string of the molecule is COc1ccc(OCC(O)CN2CCOC(c3cccc(F)c3)C2)c(C(C)(C)C)c1. The fraction of sp³-hybridized carbons (Fsp3) is 0.500. The fourth-order valence-electron chi connectivity index (χ4n) is 3.66. The van der Waals surface area contributed by atoms with Crippen molar-refractivity contribution in [3.8, 4) is 11.5 Å². The van der Waals surface area contributed by atoms with E-state index in [1.807, 2.05) is 24.3 Å². The molecule has 1 N–H and O–H groups in total. The predicted molar refractivity (Wildman–Crippen MR) is 115 cm³/mol. The number of β-amino-alcohol motifs (C(OH)–C–C–N with tert-alkyl or cyclic N) is 1. The van der Waals surface area contributed by atoms with E-state index in [1.165, 1.54) is 12.1 Å². The molecule has 5 nitrogen and oxygen atoms in total. The highest BCUT2D eigenvalue weighted by molar-refractivity contribution is 5.44. The van der Waals surface area contributed by atoms with Crippen molar-refractivity contribution in [3.05, 3.63) is 59.4 Å². The van der Waals surface area contributed by atoms with E-state index in [2.05, 4.69) is 25.7 Å². The first-order chi connectivity index (χ1) is 14.3. The Morgan fingerprint density at radius 3 is 2.73 bits per heavy atom. The van der Waals surface area contributed by atoms with Crippen LogP contribution in [0.15, 0.2) is 42.5 Å². The zero-order chi connectivity index (χ0) is 21.7. The Hall–Kier alpha value is -2.15. The molecule has 0 saturated carbocycles. The average Bonchev–Trinajstić information content (AvgIpc) is 2.71. The molecule has 1 saturated heterocycles. The molecule has 2 aromatic rings. The van der Waals surface area contributed by atoms with Gasteiger partial charge in [0.2, 0.25) is 0 Å². The van der Waals surface area contributed by atoms with Crippen LogP contribution >= 0.6 is 0 Å². The van der Waals surface area contributed by atoms with Crippen LogP contribution in [0.2, 0.25) is 0 Å². The van der Waals surface area contributed by atoms with Crippen LogP contribution in [0.5, 0.6) is 11.5 Å². The molecule has 1 fully saturated rings. The van der Waals surface area contributed by atoms with Crippen molar-refractivity contribution >= 4 is 0 Å². The highest BCUT2D eigenvalue weighted by atomic mass is 19.1. The Kier molecular flexibility index (Phi) is 7.34. The number of rotatable bonds is 7. The lowest BCUT2D eigenvalue weighted by atomic mass is 9.86. The van der Waals surface area contributed by atoms with E-state index in [0.29, 0.717) is 19.7 Å². The van der Waals surface area contributed by atoms with Crippen LogP contribution in [0.3, 0.4) is 0 Å². The second kappa shape index (κ2) is 9.77. The molecule has 2 aromatic carbocycles. The van der Waals surface area contributed by atoms with Gasteiger partial charge in [-0.1, -0.05) is 32.9 Å². The van der Waals surface area contributed by atoms with Gasteiger partial charge in [-0.25, -0.2) is 4.39 Å². The van der Waals surface area contributed by atoms with E-state index in [4.69, 9.17) is 14.2 Å². The minimum atomic E-state index is -0.647. The molecule has 30 heavy (non-hydrogen) atoms. The standard InChI is InChI=1S/C24H32FNO4/c1-24(2,3)21-13-20(28-4)8-9-22(21)30-16-19(27)14-26-10-11-29-23(15-26)17-6-5-7-18(25)12-17/h5-9,12-13,19,23,27H,10-11,14-16H2,1-4H3. The lowest BCUT2D eigenvalue weighted by Gasteiger charge is -2.34. The molecule has 6 heteroatoms. The van der Waals surface area contributed by atoms with Crippen LogP contribution in [0.4, 0.5) is 4.39 Å². The summed E-state index contributed by atoms with van der Waals surface area (Å²) < 4.78 is 30.6. The second-order valence-electron chi connectivity index (χ2n) is 8.75. The topological polar surface area (TPSA) is 51.2 Å². The zero-order valence-electron chi connectivity index (χ0n) is 18.2. The number of aliphatic hydroxyl groups excluding tert-OH is 1. The Bertz CT molecular complexity index is 836. The van der Waals surface area contributed by atoms with Crippen molar-refractivity contribution in [2.24, 2.45) is 0 Å². The third kappa shape index (κ3) is 5.94. The van der Waals surface area contributed by atoms with E-state index in [-0.39, 0.29) is 23.9 Å². The summed E-state index contributed by atoms with van der Waals surface area (Å²) in [4.78, 5) is 2.13. The summed E-state index contributed by atoms with van der Waals surface area (Å²) in [6, 6.07) is 12.2. The van der Waals surface area contributed by atoms with Crippen LogP contribution in [0.1, 0.15) is 38.0 Å². The maximum Gasteiger partial charge on any atom is 0.123 e. The third-order valence-corrected chi connectivity index (χ3v) is 5.27. The fourth-order valence-corrected chi connectivity index (χ4v) is 3.66. The molecule has 0 amide bonds. The van der Waals surface area contributed by atoms with Crippen molar-refractivity contribution in [1.29, 1.82) is 0 Å². The van der Waals surface area contributed by atoms with Crippen molar-refractivity contribution < 1.29 is 23.7 Å². The molecule has 3 rings (SSSR count). The van der Waals surface area contributed by atoms with E-state index in [9.17, 15) is 9.50 Å². The summed E-state index contributed by atoms with van der Waals surface area (Å²) in [6.45, 7) is 8.88. The first kappa shape index (κ1) is 22.5. The van der Waals surface area contributed by atoms with Gasteiger partial charge in [-0.15, -0.1) is 0 Å². The summed E-state index contributed by atoms with van der Waals surface area (Å²) in [5, 5.41) is 10.6. The number of hydrogen-bond donors (Lipinski definition) is 1. The van der Waals surface area contributed by atoms with Gasteiger partial charge in [0.25, 0.3) is 0 Å². The van der Waals surface area contributed by atoms with Gasteiger partial charge in [0.05, 0.1) is 19.8 Å². The van der Waals surface area contributed by atoms with Crippen LogP contribution in [0, 0.1) is 5.82 Å². The Balaban J connectivity index is 1.58. The minimum absolute atomic E-state index is 0.114. The molecule has 1 heterocycles. The highest BCUT2D eigenvalue weighted by Crippen LogP contribution is 2.34. The molecule has 1 aliphatic heterocycles. The quantitative estimate of drug-likeness (QED) is 0.739. The summed E-state index contributed by atoms with van der Waals surface area (Å²) in [7, 11) is 1.64. The third-order valence-electron chi connectivity index (χ3n) is 5.27. The Labute approximate surface area is 178 Å². The smallest absolute Gasteiger partial charge is 0.123 e. The van der Waals surface area contributed by atoms with Gasteiger partial charge in [0.1, 0.15) is 30.0 Å². The molecular weight excluding hydrogens is 385 g/mol. The highest BCUT2D eigenvalue weighted by Gasteiger charge is 2.25. The van der Waals surface area contributed by atoms with Gasteiger partial charge in [-0.3, -0.25) is 4.90 Å². The summed E-state index contributed by atoms with van der Waals surface area (Å²) in [6.07, 6.45) is -0.845. The Morgan fingerprint density at radius 1 is 1.23 bits per heavy atom. The van der Waals surface area contributed by atoms with Gasteiger partial charge < -0.3 is 19.3 Å². The van der Waals surface area contributed by atoms with Crippen LogP contribution < -0.4 is 9.47 Å². The van der Waals surface area contributed by atoms with Gasteiger partial charge in [-0.2, -0.15) is 0 Å². The predicted octanol–water partition coefficient (Wildman–Crippen LogP) is 3.95. The number of hydrogen-bond acceptors (Lipinski definition) is 5. The molecule has 0 aliphatic carbocycles. The Morgan fingerprint density at radius 2 is 2.03 bits per heavy atom. The number of aliphatic hydroxyl groups is 1. The number of halogens is 1. The van der Waals surface area contributed by atoms with Gasteiger partial charge in [-0.05, 0) is 41.3 Å². The lowest BCUT2D eigenvalue weighted by Crippen LogP contribution is -2.43. The van der Waals surface area contributed by atoms with E-state index >= 15 is 0 Å². The van der Waals surface area contributed by atoms with Crippen molar-refractivity contribution in [2.75, 3.05) is 40.0 Å². The molecule has 2 unspecified atom stereocenters. The monoisotopic (exact) mass is 417 g/mol. The van der Waals surface area contributed by atoms with Crippen molar-refractivity contribution in [3.63, 3.8) is 0 Å². The number of nitrogens with zero attached hydrogens (tertiary/aromatic N) is 1. The normalized spacial score (nSPS) is 18.8. The maximum atomic E-state index is 13.5. The van der Waals surface area contributed by atoms with Gasteiger partial charge in [0, 0.05) is 25.2 Å². The zero-order valence-corrected chi connectivity index (χ0v) is 18.2. The molecule has 0 spiro atoms. The molecule has 0 bridgehead atoms. The molecular formula is C24H32FNO4. The van der Waals surface area contributed by atoms with E-state index in [0.717, 1.165) is 29.2 Å². The maximum absolute atomic E-state index is 13.5. The van der Waals surface area contributed by atoms with Crippen molar-refractivity contribution in [2.45, 2.75) is 38.4 Å². The van der Waals surface area contributed by atoms with Crippen LogP contribution in [-0.4, -0.2) is 56.1 Å². The first-order valence-electron chi connectivity index (χ1n) is 10.3. The molecule has 1 aliphatic rings. The molecule has 2 atom stereocenters. The lowest BCUT2D eigenvalue weighted by molar-refractivity contribution is -0.0461. The molecule has 0 aromatic heterocycles. The molecule has 164 valence electrons. The summed E-state index contributed by atoms with van der Waals surface area (Å²) >= 11 is 0. The largest absolute Gasteiger partial charge is 0.497 e. The summed E-state index contributed by atoms with van der Waals surface area (Å²) in [5.41, 5.74) is 1.74. The number of morpholine rings is 1. The van der Waals surface area contributed by atoms with E-state index in [1.54, 1.807) is 13.2 Å². The van der Waals surface area contributed by atoms with Crippen molar-refractivity contribution in [1.82, 2.24) is 4.90 Å². The van der Waals surface area contributed by atoms with Gasteiger partial charge in [0.15, 0.2) is 0 Å². The summed E-state index contributed by atoms with van der Waals surface area (Å²) in [5.74, 6) is 1.27. The number of ether oxygens (including phenoxy) is 3. The van der Waals surface area contributed by atoms with Crippen LogP contribution in [-0.2, 0) is 10.2 Å². The number of methoxy groups -OCH3 is 1. The minimum Gasteiger partial charge on any atom is -0.497 e. The second-order valence-corrected chi connectivity index (χ2v) is 8.75. The van der Waals surface area contributed by atoms with Gasteiger partial charge >= 0.3 is 0 Å².